The van der Waals surface area contributed by atoms with Crippen molar-refractivity contribution in [3.63, 3.8) is 0 Å². The van der Waals surface area contributed by atoms with Crippen molar-refractivity contribution in [1.29, 1.82) is 0 Å². The molecule has 0 aliphatic heterocycles. The van der Waals surface area contributed by atoms with E-state index in [2.05, 4.69) is 155 Å². The maximum absolute atomic E-state index is 12.4. The van der Waals surface area contributed by atoms with E-state index in [1.54, 1.807) is 45.9 Å². The SMILES string of the molecule is CC(C)[B]C#CCOCCNC(=O)CCCCOCSSCCNC(C)C.CC(C)[B]C#CCOCCNC(=O)COCCOC(COc1cccc(C(=O)NCCCC(C)C)c1)N=[N+]=[N-].CC(C)[B]C#CCOCCNC(=O)OCCOCSSC(C)(C)CCC(C)C. The molecule has 28 heteroatoms. The van der Waals surface area contributed by atoms with Crippen molar-refractivity contribution in [3.8, 4) is 41.0 Å². The van der Waals surface area contributed by atoms with Gasteiger partial charge in [-0.25, -0.2) is 4.79 Å². The van der Waals surface area contributed by atoms with Crippen LogP contribution in [0.3, 0.4) is 0 Å². The summed E-state index contributed by atoms with van der Waals surface area (Å²) in [6.45, 7) is 36.7. The monoisotopic (exact) mass is 1390 g/mol. The van der Waals surface area contributed by atoms with Crippen LogP contribution >= 0.6 is 43.2 Å². The Hall–Kier alpha value is -4.04. The third-order valence-electron chi connectivity index (χ3n) is 11.5. The molecule has 1 atom stereocenters. The number of nitrogens with one attached hydrogen (secondary N) is 5. The molecule has 0 saturated heterocycles. The molecular weight excluding hydrogens is 1270 g/mol. The van der Waals surface area contributed by atoms with Crippen molar-refractivity contribution in [2.75, 3.05) is 136 Å². The summed E-state index contributed by atoms with van der Waals surface area (Å²) in [4.78, 5) is 50.1. The molecule has 0 bridgehead atoms. The fraction of sp³-hybridized carbons (Fsp3) is 0.758. The quantitative estimate of drug-likeness (QED) is 0.00593. The molecule has 1 unspecified atom stereocenters. The van der Waals surface area contributed by atoms with Crippen LogP contribution in [0.25, 0.3) is 10.4 Å². The Morgan fingerprint density at radius 3 is 1.77 bits per heavy atom. The molecule has 0 heterocycles. The van der Waals surface area contributed by atoms with Crippen LogP contribution < -0.4 is 31.3 Å². The number of unbranched alkanes of at least 4 members (excludes halogenated alkanes) is 1. The molecule has 0 fully saturated rings. The second-order valence-electron chi connectivity index (χ2n) is 23.8. The minimum Gasteiger partial charge on any atom is -0.491 e. The van der Waals surface area contributed by atoms with Gasteiger partial charge in [-0.3, -0.25) is 14.4 Å². The molecule has 0 saturated carbocycles. The molecule has 0 aromatic heterocycles. The second-order valence-corrected chi connectivity index (χ2v) is 29.3. The number of azide groups is 1. The first kappa shape index (κ1) is 92.0. The number of hydrogen-bond acceptors (Lipinski definition) is 19. The first-order valence-electron chi connectivity index (χ1n) is 32.9. The van der Waals surface area contributed by atoms with Gasteiger partial charge in [0.05, 0.1) is 39.6 Å². The minimum atomic E-state index is -0.903. The predicted octanol–water partition coefficient (Wildman–Crippen LogP) is 11.5. The first-order valence-corrected chi connectivity index (χ1v) is 37.7. The van der Waals surface area contributed by atoms with E-state index in [0.717, 1.165) is 43.9 Å². The molecule has 1 rings (SSSR count). The number of benzene rings is 1. The zero-order valence-electron chi connectivity index (χ0n) is 59.2. The minimum absolute atomic E-state index is 0.0517. The number of amides is 4. The van der Waals surface area contributed by atoms with Crippen molar-refractivity contribution in [1.82, 2.24) is 26.6 Å². The van der Waals surface area contributed by atoms with Gasteiger partial charge >= 0.3 is 6.09 Å². The van der Waals surface area contributed by atoms with Crippen LogP contribution in [0.2, 0.25) is 17.5 Å². The number of nitrogens with zero attached hydrogens (tertiary/aromatic N) is 3. The van der Waals surface area contributed by atoms with Crippen LogP contribution in [0, 0.1) is 47.1 Å². The number of alkyl carbamates (subject to hydrolysis) is 1. The molecule has 1 aromatic carbocycles. The molecule has 21 nitrogen and oxygen atoms in total. The molecule has 1 aromatic rings. The number of rotatable bonds is 52. The zero-order chi connectivity index (χ0) is 70.1. The topological polar surface area (TPSA) is 260 Å². The van der Waals surface area contributed by atoms with Gasteiger partial charge in [0.15, 0.2) is 6.23 Å². The van der Waals surface area contributed by atoms with Crippen LogP contribution in [-0.2, 0) is 47.5 Å². The van der Waals surface area contributed by atoms with E-state index in [9.17, 15) is 19.2 Å². The van der Waals surface area contributed by atoms with Crippen LogP contribution in [0.15, 0.2) is 29.4 Å². The summed E-state index contributed by atoms with van der Waals surface area (Å²) in [5.41, 5.74) is 9.29. The van der Waals surface area contributed by atoms with E-state index >= 15 is 0 Å². The lowest BCUT2D eigenvalue weighted by atomic mass is 9.67. The Morgan fingerprint density at radius 1 is 0.606 bits per heavy atom. The van der Waals surface area contributed by atoms with Gasteiger partial charge in [0.25, 0.3) is 5.91 Å². The molecule has 4 amide bonds. The Morgan fingerprint density at radius 2 is 1.18 bits per heavy atom. The standard InChI is InChI=1S/C27H41BN5O6.C20H37BNO4S2.C19H36BN2O3S2/c1-21(2)8-6-12-31-27(35)23-9-5-10-24(18-23)39-20-26(32-33-29)38-17-16-37-19-25(34)30-13-15-36-14-7-11-28-22(3)4;1-17(2)8-9-20(5,6)28-27-16-25-14-15-26-19(23)22-11-13-24-12-7-10-21-18(3)4;1-17(2)20-9-7-13-24-14-10-22-19(23)8-5-6-12-25-16-27-26-15-11-21-18(3)4/h5,9-10,18,21-22,26H,6,8,12-17,19-20H2,1-4H3,(H,30,34)(H,31,35);17-18H,8-9,11-16H2,1-6H3,(H,22,23);17-18,21H,5-6,8,10-16H2,1-4H3,(H,22,23). The number of carbonyl (C=O) groups excluding carboxylic acids is 4. The average molecular weight is 1390 g/mol. The summed E-state index contributed by atoms with van der Waals surface area (Å²) in [6, 6.07) is 7.29. The van der Waals surface area contributed by atoms with Crippen molar-refractivity contribution < 1.29 is 61.8 Å². The van der Waals surface area contributed by atoms with Crippen LogP contribution in [0.4, 0.5) is 4.79 Å². The van der Waals surface area contributed by atoms with Crippen molar-refractivity contribution in [2.45, 2.75) is 176 Å². The van der Waals surface area contributed by atoms with Crippen molar-refractivity contribution in [2.24, 2.45) is 17.0 Å². The Bertz CT molecular complexity index is 2320. The summed E-state index contributed by atoms with van der Waals surface area (Å²) in [7, 11) is 12.9. The number of hydrogen-bond donors (Lipinski definition) is 5. The summed E-state index contributed by atoms with van der Waals surface area (Å²) >= 11 is 0. The third-order valence-corrected chi connectivity index (χ3v) is 16.6. The van der Waals surface area contributed by atoms with Crippen molar-refractivity contribution in [3.05, 3.63) is 40.3 Å². The van der Waals surface area contributed by atoms with E-state index in [0.29, 0.717) is 138 Å². The molecule has 5 N–H and O–H groups in total. The van der Waals surface area contributed by atoms with Crippen LogP contribution in [-0.4, -0.2) is 199 Å². The normalized spacial score (nSPS) is 11.1. The maximum Gasteiger partial charge on any atom is 0.407 e. The number of carbonyl (C=O) groups is 4. The van der Waals surface area contributed by atoms with E-state index in [1.807, 2.05) is 57.3 Å². The highest BCUT2D eigenvalue weighted by atomic mass is 33.1. The average Bonchev–Trinajstić information content (AvgIpc) is 1.01. The fourth-order valence-electron chi connectivity index (χ4n) is 6.61. The van der Waals surface area contributed by atoms with Gasteiger partial charge in [-0.1, -0.05) is 173 Å². The fourth-order valence-corrected chi connectivity index (χ4v) is 10.5. The smallest absolute Gasteiger partial charge is 0.407 e. The van der Waals surface area contributed by atoms with Crippen LogP contribution in [0.1, 0.15) is 152 Å². The zero-order valence-corrected chi connectivity index (χ0v) is 62.4. The molecule has 529 valence electrons. The van der Waals surface area contributed by atoms with E-state index < -0.39 is 12.3 Å². The molecule has 3 radical (unpaired) electrons. The lowest BCUT2D eigenvalue weighted by Crippen LogP contribution is -2.31. The molecule has 0 aliphatic rings. The lowest BCUT2D eigenvalue weighted by molar-refractivity contribution is -0.126. The second kappa shape index (κ2) is 66.2. The van der Waals surface area contributed by atoms with E-state index in [-0.39, 0.29) is 55.5 Å². The van der Waals surface area contributed by atoms with Gasteiger partial charge < -0.3 is 69.2 Å². The summed E-state index contributed by atoms with van der Waals surface area (Å²) in [5.74, 6) is 22.6. The van der Waals surface area contributed by atoms with Gasteiger partial charge in [0, 0.05) is 72.8 Å². The molecule has 0 aliphatic carbocycles. The Balaban J connectivity index is 0. The highest BCUT2D eigenvalue weighted by Gasteiger charge is 2.19. The van der Waals surface area contributed by atoms with E-state index in [4.69, 9.17) is 48.2 Å². The van der Waals surface area contributed by atoms with Crippen LogP contribution in [0.5, 0.6) is 5.75 Å². The summed E-state index contributed by atoms with van der Waals surface area (Å²) in [6.07, 6.45) is 5.33. The first-order chi connectivity index (χ1) is 45.1. The Kier molecular flexibility index (Phi) is 64.8. The van der Waals surface area contributed by atoms with Gasteiger partial charge in [-0.2, -0.15) is 17.5 Å². The predicted molar refractivity (Wildman–Crippen MR) is 394 cm³/mol. The summed E-state index contributed by atoms with van der Waals surface area (Å²) < 4.78 is 48.8. The third kappa shape index (κ3) is 70.8. The highest BCUT2D eigenvalue weighted by Crippen LogP contribution is 2.39. The van der Waals surface area contributed by atoms with E-state index in [1.165, 1.54) is 12.8 Å². The molecular formula is C66H114B3N8O13S4. The van der Waals surface area contributed by atoms with Gasteiger partial charge in [0.2, 0.25) is 33.7 Å². The summed E-state index contributed by atoms with van der Waals surface area (Å²) in [5, 5.41) is 18.0. The lowest BCUT2D eigenvalue weighted by Gasteiger charge is -2.24. The molecule has 94 heavy (non-hydrogen) atoms. The van der Waals surface area contributed by atoms with Crippen molar-refractivity contribution >= 4 is 88.8 Å². The highest BCUT2D eigenvalue weighted by molar-refractivity contribution is 8.77. The maximum atomic E-state index is 12.4. The van der Waals surface area contributed by atoms with Gasteiger partial charge in [-0.15, -0.1) is 0 Å². The van der Waals surface area contributed by atoms with Gasteiger partial charge in [0.1, 0.15) is 57.3 Å². The number of ether oxygens (including phenoxy) is 9. The largest absolute Gasteiger partial charge is 0.491 e. The molecule has 0 spiro atoms. The van der Waals surface area contributed by atoms with Gasteiger partial charge in [-0.05, 0) is 87.9 Å². The Labute approximate surface area is 584 Å².